The van der Waals surface area contributed by atoms with Crippen molar-refractivity contribution in [1.82, 2.24) is 9.80 Å². The second kappa shape index (κ2) is 7.94. The van der Waals surface area contributed by atoms with Crippen molar-refractivity contribution in [3.63, 3.8) is 0 Å². The van der Waals surface area contributed by atoms with E-state index in [-0.39, 0.29) is 23.6 Å². The summed E-state index contributed by atoms with van der Waals surface area (Å²) in [6, 6.07) is 4.40. The molecule has 0 aromatic heterocycles. The van der Waals surface area contributed by atoms with E-state index >= 15 is 0 Å². The summed E-state index contributed by atoms with van der Waals surface area (Å²) in [4.78, 5) is 16.2. The highest BCUT2D eigenvalue weighted by Crippen LogP contribution is 2.21. The number of hydrogen-bond donors (Lipinski definition) is 1. The van der Waals surface area contributed by atoms with Crippen LogP contribution in [-0.2, 0) is 11.3 Å². The Balaban J connectivity index is 1.97. The van der Waals surface area contributed by atoms with E-state index in [1.165, 1.54) is 13.2 Å². The maximum atomic E-state index is 13.8. The number of nitrogens with zero attached hydrogens (tertiary/aromatic N) is 2. The molecule has 0 saturated carbocycles. The van der Waals surface area contributed by atoms with Gasteiger partial charge in [0.1, 0.15) is 0 Å². The summed E-state index contributed by atoms with van der Waals surface area (Å²) in [7, 11) is 3.13. The van der Waals surface area contributed by atoms with Gasteiger partial charge in [-0.3, -0.25) is 9.69 Å². The monoisotopic (exact) mass is 338 g/mol. The summed E-state index contributed by atoms with van der Waals surface area (Å²) >= 11 is 0. The highest BCUT2D eigenvalue weighted by atomic mass is 19.1. The molecule has 3 unspecified atom stereocenters. The molecule has 5 nitrogen and oxygen atoms in total. The number of aliphatic hydroxyl groups excluding tert-OH is 1. The van der Waals surface area contributed by atoms with E-state index in [1.807, 2.05) is 18.7 Å². The number of likely N-dealkylation sites (tertiary alicyclic amines) is 1. The van der Waals surface area contributed by atoms with Gasteiger partial charge in [-0.25, -0.2) is 4.39 Å². The number of likely N-dealkylation sites (N-methyl/N-ethyl adjacent to an activating group) is 1. The highest BCUT2D eigenvalue weighted by molar-refractivity contribution is 5.81. The van der Waals surface area contributed by atoms with Gasteiger partial charge in [-0.2, -0.15) is 0 Å². The maximum absolute atomic E-state index is 13.8. The Morgan fingerprint density at radius 3 is 2.83 bits per heavy atom. The van der Waals surface area contributed by atoms with Crippen LogP contribution in [0.1, 0.15) is 25.8 Å². The number of amides is 1. The molecule has 0 radical (unpaired) electrons. The van der Waals surface area contributed by atoms with Gasteiger partial charge in [0, 0.05) is 20.1 Å². The third kappa shape index (κ3) is 4.24. The standard InChI is InChI=1S/C18H27FN2O3/c1-12-7-8-21(11-16(12)22)13(2)18(23)20(3)10-14-5-6-17(24-4)15(19)9-14/h5-6,9,12-13,16,22H,7-8,10-11H2,1-4H3. The molecule has 24 heavy (non-hydrogen) atoms. The quantitative estimate of drug-likeness (QED) is 0.891. The fourth-order valence-electron chi connectivity index (χ4n) is 3.06. The lowest BCUT2D eigenvalue weighted by atomic mass is 9.95. The van der Waals surface area contributed by atoms with E-state index in [2.05, 4.69) is 0 Å². The number of β-amino-alcohol motifs (C(OH)–C–C–N with tert-alkyl or cyclic N) is 1. The lowest BCUT2D eigenvalue weighted by molar-refractivity contribution is -0.137. The van der Waals surface area contributed by atoms with Crippen LogP contribution in [-0.4, -0.2) is 60.2 Å². The van der Waals surface area contributed by atoms with Crippen LogP contribution in [0.25, 0.3) is 0 Å². The van der Waals surface area contributed by atoms with Gasteiger partial charge in [0.2, 0.25) is 5.91 Å². The van der Waals surface area contributed by atoms with E-state index in [0.717, 1.165) is 13.0 Å². The van der Waals surface area contributed by atoms with Crippen LogP contribution in [0.2, 0.25) is 0 Å². The van der Waals surface area contributed by atoms with Crippen LogP contribution in [0.4, 0.5) is 4.39 Å². The Hall–Kier alpha value is -1.66. The van der Waals surface area contributed by atoms with Gasteiger partial charge in [-0.15, -0.1) is 0 Å². The van der Waals surface area contributed by atoms with Gasteiger partial charge < -0.3 is 14.7 Å². The van der Waals surface area contributed by atoms with E-state index in [4.69, 9.17) is 4.74 Å². The average Bonchev–Trinajstić information content (AvgIpc) is 2.56. The molecule has 1 saturated heterocycles. The van der Waals surface area contributed by atoms with Gasteiger partial charge in [0.15, 0.2) is 11.6 Å². The van der Waals surface area contributed by atoms with Crippen molar-refractivity contribution in [1.29, 1.82) is 0 Å². The molecule has 0 bridgehead atoms. The maximum Gasteiger partial charge on any atom is 0.239 e. The molecule has 6 heteroatoms. The fraction of sp³-hybridized carbons (Fsp3) is 0.611. The van der Waals surface area contributed by atoms with Crippen molar-refractivity contribution in [2.75, 3.05) is 27.2 Å². The normalized spacial score (nSPS) is 22.9. The summed E-state index contributed by atoms with van der Waals surface area (Å²) in [5, 5.41) is 10.0. The van der Waals surface area contributed by atoms with Gasteiger partial charge in [0.05, 0.1) is 19.3 Å². The van der Waals surface area contributed by atoms with Crippen molar-refractivity contribution < 1.29 is 19.0 Å². The zero-order valence-electron chi connectivity index (χ0n) is 14.8. The topological polar surface area (TPSA) is 53.0 Å². The smallest absolute Gasteiger partial charge is 0.239 e. The first-order valence-corrected chi connectivity index (χ1v) is 8.33. The van der Waals surface area contributed by atoms with Gasteiger partial charge in [0.25, 0.3) is 0 Å². The molecule has 134 valence electrons. The van der Waals surface area contributed by atoms with Crippen LogP contribution < -0.4 is 4.74 Å². The van der Waals surface area contributed by atoms with E-state index in [1.54, 1.807) is 24.1 Å². The molecule has 0 aliphatic carbocycles. The van der Waals surface area contributed by atoms with Crippen LogP contribution >= 0.6 is 0 Å². The first-order chi connectivity index (χ1) is 11.3. The third-order valence-electron chi connectivity index (χ3n) is 4.87. The third-order valence-corrected chi connectivity index (χ3v) is 4.87. The van der Waals surface area contributed by atoms with Crippen LogP contribution in [0.3, 0.4) is 0 Å². The van der Waals surface area contributed by atoms with Gasteiger partial charge >= 0.3 is 0 Å². The van der Waals surface area contributed by atoms with Crippen LogP contribution in [0, 0.1) is 11.7 Å². The van der Waals surface area contributed by atoms with Crippen LogP contribution in [0.15, 0.2) is 18.2 Å². The minimum Gasteiger partial charge on any atom is -0.494 e. The van der Waals surface area contributed by atoms with Gasteiger partial charge in [-0.1, -0.05) is 13.0 Å². The molecular weight excluding hydrogens is 311 g/mol. The number of halogens is 1. The summed E-state index contributed by atoms with van der Waals surface area (Å²) in [5.41, 5.74) is 0.712. The minimum atomic E-state index is -0.433. The number of ether oxygens (including phenoxy) is 1. The molecule has 1 fully saturated rings. The SMILES string of the molecule is COc1ccc(CN(C)C(=O)C(C)N2CCC(C)C(O)C2)cc1F. The highest BCUT2D eigenvalue weighted by Gasteiger charge is 2.31. The fourth-order valence-corrected chi connectivity index (χ4v) is 3.06. The first-order valence-electron chi connectivity index (χ1n) is 8.33. The van der Waals surface area contributed by atoms with Crippen molar-refractivity contribution >= 4 is 5.91 Å². The summed E-state index contributed by atoms with van der Waals surface area (Å²) in [6.45, 7) is 5.53. The summed E-state index contributed by atoms with van der Waals surface area (Å²) < 4.78 is 18.7. The molecule has 1 aliphatic heterocycles. The van der Waals surface area contributed by atoms with Crippen molar-refractivity contribution in [2.24, 2.45) is 5.92 Å². The minimum absolute atomic E-state index is 0.0343. The predicted octanol–water partition coefficient (Wildman–Crippen LogP) is 1.88. The molecule has 3 atom stereocenters. The molecule has 1 aromatic rings. The molecule has 1 aromatic carbocycles. The molecule has 0 spiro atoms. The number of hydrogen-bond acceptors (Lipinski definition) is 4. The molecule has 1 aliphatic rings. The molecule has 1 heterocycles. The number of aliphatic hydroxyl groups is 1. The predicted molar refractivity (Wildman–Crippen MR) is 90.2 cm³/mol. The lowest BCUT2D eigenvalue weighted by Crippen LogP contribution is -2.52. The number of carbonyl (C=O) groups is 1. The Morgan fingerprint density at radius 1 is 1.54 bits per heavy atom. The van der Waals surface area contributed by atoms with Crippen molar-refractivity contribution in [2.45, 2.75) is 39.0 Å². The van der Waals surface area contributed by atoms with E-state index in [0.29, 0.717) is 18.7 Å². The number of methoxy groups -OCH3 is 1. The Morgan fingerprint density at radius 2 is 2.25 bits per heavy atom. The zero-order chi connectivity index (χ0) is 17.9. The van der Waals surface area contributed by atoms with E-state index in [9.17, 15) is 14.3 Å². The summed E-state index contributed by atoms with van der Waals surface area (Å²) in [5.74, 6) is -0.00825. The molecule has 1 amide bonds. The second-order valence-electron chi connectivity index (χ2n) is 6.67. The van der Waals surface area contributed by atoms with Crippen molar-refractivity contribution in [3.05, 3.63) is 29.6 Å². The molecule has 1 N–H and O–H groups in total. The van der Waals surface area contributed by atoms with Gasteiger partial charge in [-0.05, 0) is 43.5 Å². The number of benzene rings is 1. The lowest BCUT2D eigenvalue weighted by Gasteiger charge is -2.38. The number of piperidine rings is 1. The second-order valence-corrected chi connectivity index (χ2v) is 6.67. The zero-order valence-corrected chi connectivity index (χ0v) is 14.8. The largest absolute Gasteiger partial charge is 0.494 e. The first kappa shape index (κ1) is 18.7. The average molecular weight is 338 g/mol. The van der Waals surface area contributed by atoms with Crippen molar-refractivity contribution in [3.8, 4) is 5.75 Å². The summed E-state index contributed by atoms with van der Waals surface area (Å²) in [6.07, 6.45) is 0.488. The Kier molecular flexibility index (Phi) is 6.18. The Bertz CT molecular complexity index is 581. The number of rotatable bonds is 5. The molecule has 2 rings (SSSR count). The van der Waals surface area contributed by atoms with Crippen LogP contribution in [0.5, 0.6) is 5.75 Å². The van der Waals surface area contributed by atoms with E-state index < -0.39 is 11.9 Å². The number of carbonyl (C=O) groups excluding carboxylic acids is 1. The molecular formula is C18H27FN2O3. The Labute approximate surface area is 143 Å².